The molecule has 0 unspecified atom stereocenters. The average molecular weight is 394 g/mol. The number of amides is 1. The lowest BCUT2D eigenvalue weighted by Gasteiger charge is -2.33. The largest absolute Gasteiger partial charge is 0.416 e. The van der Waals surface area contributed by atoms with Gasteiger partial charge in [0.25, 0.3) is 5.91 Å². The second-order valence-electron chi connectivity index (χ2n) is 7.04. The molecule has 0 spiro atoms. The molecule has 0 bridgehead atoms. The number of nitrogens with one attached hydrogen (secondary N) is 1. The second-order valence-corrected chi connectivity index (χ2v) is 7.04. The molecule has 2 heterocycles. The topological polar surface area (TPSA) is 41.6 Å². The summed E-state index contributed by atoms with van der Waals surface area (Å²) in [4.78, 5) is 13.6. The highest BCUT2D eigenvalue weighted by molar-refractivity contribution is 5.98. The van der Waals surface area contributed by atoms with Gasteiger partial charge in [0.2, 0.25) is 0 Å². The zero-order valence-corrected chi connectivity index (χ0v) is 14.9. The van der Waals surface area contributed by atoms with E-state index < -0.39 is 17.6 Å². The number of nitrogens with zero attached hydrogens (tertiary/aromatic N) is 1. The lowest BCUT2D eigenvalue weighted by Crippen LogP contribution is -2.37. The molecule has 4 nitrogen and oxygen atoms in total. The number of carbonyl (C=O) groups excluding carboxylic acids is 1. The molecular formula is C20H18F4N2O2. The fourth-order valence-corrected chi connectivity index (χ4v) is 3.66. The zero-order valence-electron chi connectivity index (χ0n) is 14.9. The fraction of sp³-hybridized carbons (Fsp3) is 0.350. The molecule has 28 heavy (non-hydrogen) atoms. The number of alkyl halides is 3. The maximum atomic E-state index is 13.6. The van der Waals surface area contributed by atoms with Crippen LogP contribution >= 0.6 is 0 Å². The Bertz CT molecular complexity index is 914. The number of ether oxygens (including phenoxy) is 1. The molecule has 0 aromatic heterocycles. The summed E-state index contributed by atoms with van der Waals surface area (Å²) in [7, 11) is 0. The van der Waals surface area contributed by atoms with E-state index in [0.29, 0.717) is 37.9 Å². The van der Waals surface area contributed by atoms with Gasteiger partial charge in [0.1, 0.15) is 5.82 Å². The van der Waals surface area contributed by atoms with Gasteiger partial charge in [-0.15, -0.1) is 0 Å². The summed E-state index contributed by atoms with van der Waals surface area (Å²) in [6.45, 7) is 2.10. The van der Waals surface area contributed by atoms with Crippen LogP contribution in [0.1, 0.15) is 38.7 Å². The summed E-state index contributed by atoms with van der Waals surface area (Å²) < 4.78 is 58.2. The molecule has 1 saturated heterocycles. The number of fused-ring (bicyclic) bond motifs is 1. The highest BCUT2D eigenvalue weighted by Crippen LogP contribution is 2.31. The SMILES string of the molecule is O=C1NCc2cc([C@@H]3CN(Cc4cc(F)cc(C(F)(F)F)c4)CCO3)ccc21. The second kappa shape index (κ2) is 7.18. The molecule has 2 aliphatic rings. The summed E-state index contributed by atoms with van der Waals surface area (Å²) in [5.74, 6) is -0.996. The summed E-state index contributed by atoms with van der Waals surface area (Å²) in [5, 5.41) is 2.76. The van der Waals surface area contributed by atoms with Crippen LogP contribution < -0.4 is 5.32 Å². The van der Waals surface area contributed by atoms with Crippen molar-refractivity contribution in [3.63, 3.8) is 0 Å². The van der Waals surface area contributed by atoms with Crippen LogP contribution in [0.4, 0.5) is 17.6 Å². The lowest BCUT2D eigenvalue weighted by molar-refractivity contribution is -0.137. The zero-order chi connectivity index (χ0) is 19.9. The van der Waals surface area contributed by atoms with Gasteiger partial charge in [0.05, 0.1) is 18.3 Å². The Balaban J connectivity index is 1.49. The van der Waals surface area contributed by atoms with Crippen molar-refractivity contribution in [2.45, 2.75) is 25.4 Å². The van der Waals surface area contributed by atoms with Crippen molar-refractivity contribution in [3.05, 3.63) is 70.0 Å². The molecule has 2 aromatic carbocycles. The molecular weight excluding hydrogens is 376 g/mol. The highest BCUT2D eigenvalue weighted by Gasteiger charge is 2.32. The van der Waals surface area contributed by atoms with E-state index in [0.717, 1.165) is 23.3 Å². The van der Waals surface area contributed by atoms with Crippen LogP contribution in [-0.4, -0.2) is 30.5 Å². The van der Waals surface area contributed by atoms with E-state index >= 15 is 0 Å². The van der Waals surface area contributed by atoms with Gasteiger partial charge in [0, 0.05) is 31.7 Å². The minimum atomic E-state index is -4.58. The minimum absolute atomic E-state index is 0.0979. The number of hydrogen-bond donors (Lipinski definition) is 1. The average Bonchev–Trinajstić information content (AvgIpc) is 3.01. The van der Waals surface area contributed by atoms with E-state index in [1.165, 1.54) is 0 Å². The number of morpholine rings is 1. The molecule has 8 heteroatoms. The Labute approximate surface area is 159 Å². The first kappa shape index (κ1) is 18.9. The Kier molecular flexibility index (Phi) is 4.84. The van der Waals surface area contributed by atoms with Crippen molar-refractivity contribution in [1.29, 1.82) is 0 Å². The van der Waals surface area contributed by atoms with Gasteiger partial charge in [-0.25, -0.2) is 4.39 Å². The molecule has 4 rings (SSSR count). The van der Waals surface area contributed by atoms with E-state index in [1.54, 1.807) is 6.07 Å². The molecule has 2 aromatic rings. The van der Waals surface area contributed by atoms with Crippen LogP contribution in [0.15, 0.2) is 36.4 Å². The lowest BCUT2D eigenvalue weighted by atomic mass is 10.0. The van der Waals surface area contributed by atoms with E-state index in [4.69, 9.17) is 4.74 Å². The van der Waals surface area contributed by atoms with Gasteiger partial charge >= 0.3 is 6.18 Å². The van der Waals surface area contributed by atoms with Crippen LogP contribution in [0.2, 0.25) is 0 Å². The Morgan fingerprint density at radius 3 is 2.79 bits per heavy atom. The maximum absolute atomic E-state index is 13.6. The van der Waals surface area contributed by atoms with Crippen LogP contribution in [-0.2, 0) is 24.0 Å². The number of halogens is 4. The van der Waals surface area contributed by atoms with E-state index in [9.17, 15) is 22.4 Å². The quantitative estimate of drug-likeness (QED) is 0.808. The summed E-state index contributed by atoms with van der Waals surface area (Å²) in [6, 6.07) is 8.14. The molecule has 1 fully saturated rings. The molecule has 0 aliphatic carbocycles. The number of rotatable bonds is 3. The van der Waals surface area contributed by atoms with Crippen molar-refractivity contribution in [2.24, 2.45) is 0 Å². The monoisotopic (exact) mass is 394 g/mol. The summed E-state index contributed by atoms with van der Waals surface area (Å²) in [5.41, 5.74) is 1.76. The first-order chi connectivity index (χ1) is 13.3. The number of benzene rings is 2. The first-order valence-corrected chi connectivity index (χ1v) is 8.91. The predicted molar refractivity (Wildman–Crippen MR) is 93.0 cm³/mol. The van der Waals surface area contributed by atoms with Gasteiger partial charge in [-0.1, -0.05) is 12.1 Å². The molecule has 1 amide bonds. The molecule has 1 atom stereocenters. The number of hydrogen-bond acceptors (Lipinski definition) is 3. The highest BCUT2D eigenvalue weighted by atomic mass is 19.4. The molecule has 2 aliphatic heterocycles. The van der Waals surface area contributed by atoms with Crippen molar-refractivity contribution >= 4 is 5.91 Å². The standard InChI is InChI=1S/C20H18F4N2O2/c21-16-6-12(5-15(8-16)20(22,23)24)10-26-3-4-28-18(11-26)13-1-2-17-14(7-13)9-25-19(17)27/h1-2,5-8,18H,3-4,9-11H2,(H,25,27)/t18-/m0/s1. The van der Waals surface area contributed by atoms with E-state index in [-0.39, 0.29) is 24.1 Å². The van der Waals surface area contributed by atoms with Gasteiger partial charge in [-0.3, -0.25) is 9.69 Å². The Morgan fingerprint density at radius 2 is 2.00 bits per heavy atom. The maximum Gasteiger partial charge on any atom is 0.416 e. The van der Waals surface area contributed by atoms with Crippen molar-refractivity contribution < 1.29 is 27.1 Å². The third kappa shape index (κ3) is 3.88. The van der Waals surface area contributed by atoms with Gasteiger partial charge in [-0.2, -0.15) is 13.2 Å². The molecule has 1 N–H and O–H groups in total. The van der Waals surface area contributed by atoms with Gasteiger partial charge in [0.15, 0.2) is 0 Å². The Hall–Kier alpha value is -2.45. The third-order valence-corrected chi connectivity index (χ3v) is 5.03. The van der Waals surface area contributed by atoms with Crippen LogP contribution in [0.5, 0.6) is 0 Å². The molecule has 148 valence electrons. The molecule has 0 radical (unpaired) electrons. The summed E-state index contributed by atoms with van der Waals surface area (Å²) >= 11 is 0. The first-order valence-electron chi connectivity index (χ1n) is 8.91. The van der Waals surface area contributed by atoms with Crippen molar-refractivity contribution in [1.82, 2.24) is 10.2 Å². The summed E-state index contributed by atoms with van der Waals surface area (Å²) in [6.07, 6.45) is -4.84. The third-order valence-electron chi connectivity index (χ3n) is 5.03. The van der Waals surface area contributed by atoms with E-state index in [2.05, 4.69) is 5.32 Å². The minimum Gasteiger partial charge on any atom is -0.371 e. The van der Waals surface area contributed by atoms with Crippen LogP contribution in [0, 0.1) is 5.82 Å². The van der Waals surface area contributed by atoms with Crippen molar-refractivity contribution in [3.8, 4) is 0 Å². The van der Waals surface area contributed by atoms with Crippen molar-refractivity contribution in [2.75, 3.05) is 19.7 Å². The molecule has 0 saturated carbocycles. The van der Waals surface area contributed by atoms with Gasteiger partial charge < -0.3 is 10.1 Å². The predicted octanol–water partition coefficient (Wildman–Crippen LogP) is 3.66. The number of carbonyl (C=O) groups is 1. The Morgan fingerprint density at radius 1 is 1.18 bits per heavy atom. The van der Waals surface area contributed by atoms with Crippen LogP contribution in [0.3, 0.4) is 0 Å². The normalized spacial score (nSPS) is 20.1. The van der Waals surface area contributed by atoms with Gasteiger partial charge in [-0.05, 0) is 41.0 Å². The van der Waals surface area contributed by atoms with E-state index in [1.807, 2.05) is 17.0 Å². The fourth-order valence-electron chi connectivity index (χ4n) is 3.66. The van der Waals surface area contributed by atoms with Crippen LogP contribution in [0.25, 0.3) is 0 Å². The smallest absolute Gasteiger partial charge is 0.371 e.